The second kappa shape index (κ2) is 23.8. The van der Waals surface area contributed by atoms with Gasteiger partial charge in [-0.3, -0.25) is 33.7 Å². The van der Waals surface area contributed by atoms with E-state index in [1.54, 1.807) is 67.0 Å². The van der Waals surface area contributed by atoms with Gasteiger partial charge in [0.25, 0.3) is 0 Å². The lowest BCUT2D eigenvalue weighted by atomic mass is 9.82. The average molecular weight is 935 g/mol. The highest BCUT2D eigenvalue weighted by molar-refractivity contribution is 6.30. The number of carbonyl (C=O) groups is 5. The Morgan fingerprint density at radius 2 is 1.07 bits per heavy atom. The normalized spacial score (nSPS) is 11.7. The van der Waals surface area contributed by atoms with Crippen molar-refractivity contribution < 1.29 is 47.7 Å². The van der Waals surface area contributed by atoms with Crippen LogP contribution in [0, 0.1) is 13.8 Å². The number of rotatable bonds is 17. The number of nitrogens with zero attached hydrogens (tertiary/aromatic N) is 6. The molecule has 0 aliphatic rings. The van der Waals surface area contributed by atoms with Crippen LogP contribution in [-0.2, 0) is 58.6 Å². The highest BCUT2D eigenvalue weighted by Crippen LogP contribution is 2.42. The fourth-order valence-corrected chi connectivity index (χ4v) is 8.23. The first-order valence-corrected chi connectivity index (χ1v) is 21.8. The summed E-state index contributed by atoms with van der Waals surface area (Å²) in [7, 11) is 8.94. The predicted molar refractivity (Wildman–Crippen MR) is 249 cm³/mol. The number of pyridine rings is 2. The van der Waals surface area contributed by atoms with Crippen molar-refractivity contribution >= 4 is 41.4 Å². The van der Waals surface area contributed by atoms with Gasteiger partial charge < -0.3 is 23.7 Å². The molecule has 0 spiro atoms. The van der Waals surface area contributed by atoms with E-state index in [9.17, 15) is 24.0 Å². The molecule has 16 nitrogen and oxygen atoms in total. The van der Waals surface area contributed by atoms with Crippen molar-refractivity contribution in [3.05, 3.63) is 141 Å². The van der Waals surface area contributed by atoms with Crippen molar-refractivity contribution in [2.24, 2.45) is 14.1 Å². The van der Waals surface area contributed by atoms with E-state index in [4.69, 9.17) is 40.4 Å². The predicted octanol–water partition coefficient (Wildman–Crippen LogP) is 8.08. The summed E-state index contributed by atoms with van der Waals surface area (Å²) in [5.74, 6) is -2.48. The molecule has 2 unspecified atom stereocenters. The molecular formula is C50H55ClN6O10. The number of methoxy groups -OCH3 is 4. The zero-order valence-corrected chi connectivity index (χ0v) is 39.9. The molecule has 0 fully saturated rings. The fourth-order valence-electron chi connectivity index (χ4n) is 7.97. The van der Waals surface area contributed by atoms with E-state index in [2.05, 4.69) is 15.1 Å². The van der Waals surface area contributed by atoms with Gasteiger partial charge in [-0.25, -0.2) is 9.59 Å². The van der Waals surface area contributed by atoms with Crippen LogP contribution in [0.3, 0.4) is 0 Å². The van der Waals surface area contributed by atoms with Crippen LogP contribution in [0.15, 0.2) is 85.2 Å². The maximum Gasteiger partial charge on any atom is 0.337 e. The molecule has 0 bridgehead atoms. The standard InChI is InChI=1S/C27H31N3O6.C23H24ClN3O4/c1-6-36-24(32)16-22-25(26(29-30(22)3)21-9-7-8-14-28-21)20(12-13-23(31)34-4)19-11-10-18(15-17(19)2)27(33)35-5;1-14-13-15(23(29)31-4)8-9-16(14)17(10-11-19(28)30-3)20-21(26-27(2)22(20)24)18-7-5-6-12-25-18/h7-11,14-15,20H,6,12-13,16H2,1-5H3;5-9,12-13,17H,10-11H2,1-4H3. The van der Waals surface area contributed by atoms with Gasteiger partial charge in [-0.2, -0.15) is 10.2 Å². The molecule has 352 valence electrons. The Bertz CT molecular complexity index is 2700. The van der Waals surface area contributed by atoms with E-state index in [1.165, 1.54) is 28.4 Å². The van der Waals surface area contributed by atoms with Gasteiger partial charge in [-0.05, 0) is 104 Å². The summed E-state index contributed by atoms with van der Waals surface area (Å²) in [6.45, 7) is 5.83. The summed E-state index contributed by atoms with van der Waals surface area (Å²) in [5, 5.41) is 9.79. The summed E-state index contributed by atoms with van der Waals surface area (Å²) in [6.07, 6.45) is 4.58. The topological polar surface area (TPSA) is 193 Å². The van der Waals surface area contributed by atoms with Crippen molar-refractivity contribution in [2.45, 2.75) is 64.7 Å². The molecule has 6 rings (SSSR count). The number of halogens is 1. The molecular weight excluding hydrogens is 880 g/mol. The van der Waals surface area contributed by atoms with Crippen LogP contribution in [-0.4, -0.2) is 94.4 Å². The minimum atomic E-state index is -0.436. The molecule has 17 heteroatoms. The average Bonchev–Trinajstić information content (AvgIpc) is 3.82. The number of aromatic nitrogens is 6. The Morgan fingerprint density at radius 1 is 0.612 bits per heavy atom. The lowest BCUT2D eigenvalue weighted by molar-refractivity contribution is -0.143. The van der Waals surface area contributed by atoms with Gasteiger partial charge in [-0.1, -0.05) is 35.9 Å². The first-order valence-electron chi connectivity index (χ1n) is 21.5. The largest absolute Gasteiger partial charge is 0.469 e. The third kappa shape index (κ3) is 12.4. The molecule has 4 aromatic heterocycles. The van der Waals surface area contributed by atoms with Crippen LogP contribution < -0.4 is 0 Å². The van der Waals surface area contributed by atoms with Gasteiger partial charge in [0.15, 0.2) is 0 Å². The van der Waals surface area contributed by atoms with E-state index in [0.717, 1.165) is 33.4 Å². The fraction of sp³-hybridized carbons (Fsp3) is 0.340. The van der Waals surface area contributed by atoms with E-state index in [-0.39, 0.29) is 55.6 Å². The van der Waals surface area contributed by atoms with Crippen molar-refractivity contribution in [2.75, 3.05) is 35.0 Å². The van der Waals surface area contributed by atoms with Crippen LogP contribution in [0.5, 0.6) is 0 Å². The summed E-state index contributed by atoms with van der Waals surface area (Å²) < 4.78 is 27.9. The summed E-state index contributed by atoms with van der Waals surface area (Å²) in [6, 6.07) is 21.8. The van der Waals surface area contributed by atoms with Crippen molar-refractivity contribution in [1.29, 1.82) is 0 Å². The number of esters is 5. The maximum atomic E-state index is 12.5. The van der Waals surface area contributed by atoms with Crippen molar-refractivity contribution in [1.82, 2.24) is 29.5 Å². The van der Waals surface area contributed by atoms with Crippen LogP contribution >= 0.6 is 11.6 Å². The number of hydrogen-bond donors (Lipinski definition) is 0. The Kier molecular flexibility index (Phi) is 18.1. The maximum absolute atomic E-state index is 12.5. The third-order valence-corrected chi connectivity index (χ3v) is 11.7. The van der Waals surface area contributed by atoms with Crippen LogP contribution in [0.25, 0.3) is 22.8 Å². The summed E-state index contributed by atoms with van der Waals surface area (Å²) in [5.41, 5.74) is 9.25. The van der Waals surface area contributed by atoms with E-state index in [1.807, 2.05) is 62.4 Å². The van der Waals surface area contributed by atoms with Gasteiger partial charge in [0.2, 0.25) is 0 Å². The quantitative estimate of drug-likeness (QED) is 0.0629. The van der Waals surface area contributed by atoms with Crippen LogP contribution in [0.1, 0.15) is 104 Å². The Balaban J connectivity index is 0.000000254. The molecule has 67 heavy (non-hydrogen) atoms. The van der Waals surface area contributed by atoms with E-state index < -0.39 is 11.9 Å². The van der Waals surface area contributed by atoms with Crippen molar-refractivity contribution in [3.63, 3.8) is 0 Å². The minimum Gasteiger partial charge on any atom is -0.469 e. The van der Waals surface area contributed by atoms with E-state index >= 15 is 0 Å². The number of carbonyl (C=O) groups excluding carboxylic acids is 5. The molecule has 6 aromatic rings. The monoisotopic (exact) mass is 934 g/mol. The molecule has 4 heterocycles. The lowest BCUT2D eigenvalue weighted by Crippen LogP contribution is -2.16. The van der Waals surface area contributed by atoms with Gasteiger partial charge in [-0.15, -0.1) is 0 Å². The Morgan fingerprint density at radius 3 is 1.49 bits per heavy atom. The first kappa shape index (κ1) is 50.8. The van der Waals surface area contributed by atoms with Gasteiger partial charge >= 0.3 is 29.8 Å². The molecule has 0 aliphatic carbocycles. The van der Waals surface area contributed by atoms with Gasteiger partial charge in [0.05, 0.1) is 69.7 Å². The zero-order chi connectivity index (χ0) is 48.8. The Hall–Kier alpha value is -7.20. The molecule has 0 saturated heterocycles. The molecule has 2 aromatic carbocycles. The third-order valence-electron chi connectivity index (χ3n) is 11.2. The van der Waals surface area contributed by atoms with Gasteiger partial charge in [0, 0.05) is 62.3 Å². The highest BCUT2D eigenvalue weighted by atomic mass is 35.5. The second-order valence-electron chi connectivity index (χ2n) is 15.4. The first-order chi connectivity index (χ1) is 32.2. The number of ether oxygens (including phenoxy) is 5. The lowest BCUT2D eigenvalue weighted by Gasteiger charge is -2.22. The molecule has 0 aliphatic heterocycles. The second-order valence-corrected chi connectivity index (χ2v) is 15.7. The van der Waals surface area contributed by atoms with Gasteiger partial charge in [0.1, 0.15) is 16.5 Å². The summed E-state index contributed by atoms with van der Waals surface area (Å²) >= 11 is 6.70. The summed E-state index contributed by atoms with van der Waals surface area (Å²) in [4.78, 5) is 69.6. The molecule has 0 N–H and O–H groups in total. The number of hydrogen-bond acceptors (Lipinski definition) is 14. The molecule has 0 saturated carbocycles. The number of benzene rings is 2. The zero-order valence-electron chi connectivity index (χ0n) is 39.1. The Labute approximate surface area is 394 Å². The van der Waals surface area contributed by atoms with Crippen LogP contribution in [0.4, 0.5) is 0 Å². The molecule has 2 atom stereocenters. The van der Waals surface area contributed by atoms with Crippen molar-refractivity contribution in [3.8, 4) is 22.8 Å². The minimum absolute atomic E-state index is 0.00746. The van der Waals surface area contributed by atoms with E-state index in [0.29, 0.717) is 57.6 Å². The molecule has 0 radical (unpaired) electrons. The smallest absolute Gasteiger partial charge is 0.337 e. The molecule has 0 amide bonds. The number of aryl methyl sites for hydroxylation is 4. The SMILES string of the molecule is CCOC(=O)Cc1c(C(CCC(=O)OC)c2ccc(C(=O)OC)cc2C)c(-c2ccccn2)nn1C.COC(=O)CCC(c1ccc(C(=O)OC)cc1C)c1c(-c2ccccn2)nn(C)c1Cl. The highest BCUT2D eigenvalue weighted by Gasteiger charge is 2.31. The van der Waals surface area contributed by atoms with Crippen LogP contribution in [0.2, 0.25) is 5.15 Å².